The number of rotatable bonds is 6. The molecule has 2 unspecified atom stereocenters. The van der Waals surface area contributed by atoms with Crippen LogP contribution in [0, 0.1) is 5.92 Å². The molecule has 0 aliphatic rings. The van der Waals surface area contributed by atoms with Gasteiger partial charge in [0.05, 0.1) is 12.6 Å². The highest BCUT2D eigenvalue weighted by molar-refractivity contribution is 7.14. The van der Waals surface area contributed by atoms with Crippen LogP contribution in [0.4, 0.5) is 0 Å². The predicted octanol–water partition coefficient (Wildman–Crippen LogP) is 2.62. The Labute approximate surface area is 140 Å². The lowest BCUT2D eigenvalue weighted by molar-refractivity contribution is -0.123. The molecule has 0 saturated heterocycles. The van der Waals surface area contributed by atoms with E-state index < -0.39 is 6.04 Å². The lowest BCUT2D eigenvalue weighted by Crippen LogP contribution is -2.44. The maximum absolute atomic E-state index is 11.9. The molecule has 0 bridgehead atoms. The molecule has 0 saturated carbocycles. The Morgan fingerprint density at radius 3 is 2.64 bits per heavy atom. The Bertz CT molecular complexity index is 590. The second-order valence-electron chi connectivity index (χ2n) is 5.00. The van der Waals surface area contributed by atoms with Crippen LogP contribution in [0.3, 0.4) is 0 Å². The number of nitrogens with one attached hydrogen (secondary N) is 1. The number of carbonyl (C=O) groups excluding carboxylic acids is 1. The molecule has 7 heteroatoms. The van der Waals surface area contributed by atoms with Crippen molar-refractivity contribution >= 4 is 29.7 Å². The van der Waals surface area contributed by atoms with Crippen LogP contribution in [-0.2, 0) is 11.3 Å². The Morgan fingerprint density at radius 2 is 2.00 bits per heavy atom. The van der Waals surface area contributed by atoms with Gasteiger partial charge in [-0.15, -0.1) is 22.6 Å². The molecule has 3 N–H and O–H groups in total. The van der Waals surface area contributed by atoms with Gasteiger partial charge in [0, 0.05) is 5.56 Å². The van der Waals surface area contributed by atoms with Gasteiger partial charge in [-0.25, -0.2) is 0 Å². The predicted molar refractivity (Wildman–Crippen MR) is 91.9 cm³/mol. The topological polar surface area (TPSA) is 80.9 Å². The number of nitrogens with two attached hydrogens (primary N) is 1. The maximum Gasteiger partial charge on any atom is 0.237 e. The van der Waals surface area contributed by atoms with E-state index in [9.17, 15) is 4.79 Å². The largest absolute Gasteiger partial charge is 0.348 e. The number of halogens is 1. The van der Waals surface area contributed by atoms with Crippen molar-refractivity contribution in [3.63, 3.8) is 0 Å². The van der Waals surface area contributed by atoms with Crippen molar-refractivity contribution in [3.05, 3.63) is 35.3 Å². The number of hydrogen-bond acceptors (Lipinski definition) is 5. The summed E-state index contributed by atoms with van der Waals surface area (Å²) < 4.78 is 0. The molecule has 1 aromatic heterocycles. The molecule has 120 valence electrons. The highest BCUT2D eigenvalue weighted by Gasteiger charge is 2.19. The SMILES string of the molecule is CCC(C)C(N)C(=O)NCc1nnc(-c2ccccc2)s1.Cl. The van der Waals surface area contributed by atoms with E-state index in [-0.39, 0.29) is 24.2 Å². The summed E-state index contributed by atoms with van der Waals surface area (Å²) in [5.74, 6) is 0.0279. The number of aromatic nitrogens is 2. The van der Waals surface area contributed by atoms with E-state index in [0.29, 0.717) is 6.54 Å². The highest BCUT2D eigenvalue weighted by Crippen LogP contribution is 2.22. The van der Waals surface area contributed by atoms with E-state index in [2.05, 4.69) is 15.5 Å². The van der Waals surface area contributed by atoms with Gasteiger partial charge in [0.15, 0.2) is 0 Å². The van der Waals surface area contributed by atoms with Crippen LogP contribution >= 0.6 is 23.7 Å². The standard InChI is InChI=1S/C15H20N4OS.ClH/c1-3-10(2)13(16)14(20)17-9-12-18-19-15(21-12)11-7-5-4-6-8-11;/h4-8,10,13H,3,9,16H2,1-2H3,(H,17,20);1H. The molecule has 0 spiro atoms. The van der Waals surface area contributed by atoms with Crippen LogP contribution in [0.2, 0.25) is 0 Å². The summed E-state index contributed by atoms with van der Waals surface area (Å²) in [6, 6.07) is 9.38. The minimum atomic E-state index is -0.475. The maximum atomic E-state index is 11.9. The zero-order chi connectivity index (χ0) is 15.2. The summed E-state index contributed by atoms with van der Waals surface area (Å²) >= 11 is 1.48. The Balaban J connectivity index is 0.00000242. The number of hydrogen-bond donors (Lipinski definition) is 2. The molecule has 0 fully saturated rings. The molecule has 2 rings (SSSR count). The number of amides is 1. The van der Waals surface area contributed by atoms with Crippen molar-refractivity contribution in [2.75, 3.05) is 0 Å². The second kappa shape index (κ2) is 8.82. The first-order valence-corrected chi connectivity index (χ1v) is 7.84. The average Bonchev–Trinajstić information content (AvgIpc) is 3.01. The fourth-order valence-electron chi connectivity index (χ4n) is 1.82. The van der Waals surface area contributed by atoms with Gasteiger partial charge in [0.2, 0.25) is 5.91 Å². The fraction of sp³-hybridized carbons (Fsp3) is 0.400. The Kier molecular flexibility index (Phi) is 7.44. The molecule has 5 nitrogen and oxygen atoms in total. The number of carbonyl (C=O) groups is 1. The van der Waals surface area contributed by atoms with Crippen molar-refractivity contribution in [3.8, 4) is 10.6 Å². The monoisotopic (exact) mass is 340 g/mol. The van der Waals surface area contributed by atoms with Crippen molar-refractivity contribution in [2.24, 2.45) is 11.7 Å². The van der Waals surface area contributed by atoms with E-state index >= 15 is 0 Å². The van der Waals surface area contributed by atoms with Crippen LogP contribution in [0.5, 0.6) is 0 Å². The first kappa shape index (κ1) is 18.5. The highest BCUT2D eigenvalue weighted by atomic mass is 35.5. The van der Waals surface area contributed by atoms with Gasteiger partial charge in [-0.2, -0.15) is 0 Å². The summed E-state index contributed by atoms with van der Waals surface area (Å²) in [7, 11) is 0. The minimum Gasteiger partial charge on any atom is -0.348 e. The van der Waals surface area contributed by atoms with Gasteiger partial charge in [-0.05, 0) is 5.92 Å². The van der Waals surface area contributed by atoms with E-state index in [1.165, 1.54) is 11.3 Å². The van der Waals surface area contributed by atoms with E-state index in [1.54, 1.807) is 0 Å². The van der Waals surface area contributed by atoms with Gasteiger partial charge >= 0.3 is 0 Å². The molecular formula is C15H21ClN4OS. The molecule has 1 aromatic carbocycles. The molecule has 22 heavy (non-hydrogen) atoms. The summed E-state index contributed by atoms with van der Waals surface area (Å²) in [5.41, 5.74) is 6.92. The van der Waals surface area contributed by atoms with E-state index in [0.717, 1.165) is 22.0 Å². The molecule has 0 aliphatic heterocycles. The molecule has 2 aromatic rings. The Hall–Kier alpha value is -1.50. The van der Waals surface area contributed by atoms with E-state index in [4.69, 9.17) is 5.73 Å². The van der Waals surface area contributed by atoms with Gasteiger partial charge in [0.1, 0.15) is 10.0 Å². The van der Waals surface area contributed by atoms with Gasteiger partial charge in [-0.1, -0.05) is 61.9 Å². The molecular weight excluding hydrogens is 320 g/mol. The molecule has 2 atom stereocenters. The average molecular weight is 341 g/mol. The van der Waals surface area contributed by atoms with Gasteiger partial charge in [0.25, 0.3) is 0 Å². The van der Waals surface area contributed by atoms with Crippen molar-refractivity contribution in [1.29, 1.82) is 0 Å². The number of nitrogens with zero attached hydrogens (tertiary/aromatic N) is 2. The third kappa shape index (κ3) is 4.76. The smallest absolute Gasteiger partial charge is 0.237 e. The van der Waals surface area contributed by atoms with Gasteiger partial charge in [-0.3, -0.25) is 4.79 Å². The van der Waals surface area contributed by atoms with Crippen LogP contribution in [0.1, 0.15) is 25.3 Å². The van der Waals surface area contributed by atoms with Crippen LogP contribution in [-0.4, -0.2) is 22.1 Å². The molecule has 1 amide bonds. The number of benzene rings is 1. The first-order valence-electron chi connectivity index (χ1n) is 7.03. The normalized spacial score (nSPS) is 13.0. The van der Waals surface area contributed by atoms with Crippen molar-refractivity contribution < 1.29 is 4.79 Å². The summed E-state index contributed by atoms with van der Waals surface area (Å²) in [6.45, 7) is 4.37. The first-order chi connectivity index (χ1) is 10.1. The van der Waals surface area contributed by atoms with Crippen LogP contribution in [0.25, 0.3) is 10.6 Å². The molecule has 0 radical (unpaired) electrons. The minimum absolute atomic E-state index is 0. The summed E-state index contributed by atoms with van der Waals surface area (Å²) in [4.78, 5) is 11.9. The summed E-state index contributed by atoms with van der Waals surface area (Å²) in [5, 5.41) is 12.7. The van der Waals surface area contributed by atoms with Crippen molar-refractivity contribution in [1.82, 2.24) is 15.5 Å². The lowest BCUT2D eigenvalue weighted by Gasteiger charge is -2.17. The Morgan fingerprint density at radius 1 is 1.32 bits per heavy atom. The van der Waals surface area contributed by atoms with Crippen LogP contribution in [0.15, 0.2) is 30.3 Å². The molecule has 1 heterocycles. The van der Waals surface area contributed by atoms with Crippen molar-refractivity contribution in [2.45, 2.75) is 32.9 Å². The van der Waals surface area contributed by atoms with Gasteiger partial charge < -0.3 is 11.1 Å². The third-order valence-corrected chi connectivity index (χ3v) is 4.43. The summed E-state index contributed by atoms with van der Waals surface area (Å²) in [6.07, 6.45) is 0.881. The van der Waals surface area contributed by atoms with Crippen LogP contribution < -0.4 is 11.1 Å². The zero-order valence-electron chi connectivity index (χ0n) is 12.7. The second-order valence-corrected chi connectivity index (χ2v) is 6.06. The molecule has 0 aliphatic carbocycles. The third-order valence-electron chi connectivity index (χ3n) is 3.46. The fourth-order valence-corrected chi connectivity index (χ4v) is 2.60. The zero-order valence-corrected chi connectivity index (χ0v) is 14.3. The quantitative estimate of drug-likeness (QED) is 0.847. The van der Waals surface area contributed by atoms with E-state index in [1.807, 2.05) is 44.2 Å². The lowest BCUT2D eigenvalue weighted by atomic mass is 9.99.